The fourth-order valence-corrected chi connectivity index (χ4v) is 1.19. The van der Waals surface area contributed by atoms with Crippen molar-refractivity contribution in [2.24, 2.45) is 0 Å². The van der Waals surface area contributed by atoms with Gasteiger partial charge in [-0.3, -0.25) is 10.1 Å². The molecule has 0 saturated carbocycles. The highest BCUT2D eigenvalue weighted by Crippen LogP contribution is 2.25. The minimum Gasteiger partial charge on any atom is -0.394 e. The van der Waals surface area contributed by atoms with Crippen LogP contribution in [-0.2, 0) is 0 Å². The fraction of sp³-hybridized carbons (Fsp3) is 0.300. The molecule has 84 valence electrons. The van der Waals surface area contributed by atoms with Crippen molar-refractivity contribution >= 4 is 11.4 Å². The molecule has 0 saturated heterocycles. The molecule has 0 radical (unpaired) electrons. The van der Waals surface area contributed by atoms with Crippen molar-refractivity contribution in [2.75, 3.05) is 11.9 Å². The molecule has 0 aliphatic heterocycles. The molecule has 0 spiro atoms. The number of benzene rings is 1. The number of nitro groups is 1. The van der Waals surface area contributed by atoms with Crippen LogP contribution in [0.2, 0.25) is 0 Å². The second-order valence-corrected chi connectivity index (χ2v) is 3.33. The smallest absolute Gasteiger partial charge is 0.293 e. The summed E-state index contributed by atoms with van der Waals surface area (Å²) in [5, 5.41) is 31.0. The van der Waals surface area contributed by atoms with Crippen LogP contribution < -0.4 is 5.32 Å². The highest BCUT2D eigenvalue weighted by atomic mass is 16.6. The predicted octanol–water partition coefficient (Wildman–Crippen LogP) is 1.26. The van der Waals surface area contributed by atoms with E-state index in [1.807, 2.05) is 6.07 Å². The van der Waals surface area contributed by atoms with Gasteiger partial charge in [-0.25, -0.2) is 0 Å². The van der Waals surface area contributed by atoms with Gasteiger partial charge in [-0.15, -0.1) is 0 Å². The van der Waals surface area contributed by atoms with E-state index in [0.29, 0.717) is 5.69 Å². The lowest BCUT2D eigenvalue weighted by Gasteiger charge is -2.12. The number of nitrogens with zero attached hydrogens (tertiary/aromatic N) is 2. The van der Waals surface area contributed by atoms with E-state index in [1.54, 1.807) is 6.92 Å². The summed E-state index contributed by atoms with van der Waals surface area (Å²) in [6.07, 6.45) is 0. The van der Waals surface area contributed by atoms with Gasteiger partial charge < -0.3 is 10.4 Å². The molecule has 1 rings (SSSR count). The van der Waals surface area contributed by atoms with E-state index in [0.717, 1.165) is 0 Å². The second kappa shape index (κ2) is 5.09. The number of aliphatic hydroxyl groups excluding tert-OH is 1. The highest BCUT2D eigenvalue weighted by molar-refractivity contribution is 5.64. The SMILES string of the molecule is C[C@@H](CO)Nc1ccc(C#N)cc1[N+](=O)[O-]. The average Bonchev–Trinajstić information content (AvgIpc) is 2.29. The number of hydrogen-bond acceptors (Lipinski definition) is 5. The van der Waals surface area contributed by atoms with Gasteiger partial charge in [0.05, 0.1) is 23.2 Å². The Labute approximate surface area is 92.3 Å². The number of nitro benzene ring substituents is 1. The van der Waals surface area contributed by atoms with E-state index in [-0.39, 0.29) is 23.9 Å². The molecule has 0 aliphatic rings. The first-order valence-electron chi connectivity index (χ1n) is 4.64. The standard InChI is InChI=1S/C10H11N3O3/c1-7(6-14)12-9-3-2-8(5-11)4-10(9)13(15)16/h2-4,7,12,14H,6H2,1H3/t7-/m0/s1. The average molecular weight is 221 g/mol. The Morgan fingerprint density at radius 1 is 1.69 bits per heavy atom. The van der Waals surface area contributed by atoms with E-state index in [4.69, 9.17) is 10.4 Å². The van der Waals surface area contributed by atoms with Crippen molar-refractivity contribution in [1.29, 1.82) is 5.26 Å². The molecule has 0 aromatic heterocycles. The summed E-state index contributed by atoms with van der Waals surface area (Å²) in [7, 11) is 0. The number of hydrogen-bond donors (Lipinski definition) is 2. The molecule has 1 atom stereocenters. The van der Waals surface area contributed by atoms with Crippen molar-refractivity contribution in [1.82, 2.24) is 0 Å². The third-order valence-corrected chi connectivity index (χ3v) is 2.00. The minimum absolute atomic E-state index is 0.128. The van der Waals surface area contributed by atoms with E-state index < -0.39 is 4.92 Å². The topological polar surface area (TPSA) is 99.2 Å². The van der Waals surface area contributed by atoms with Crippen molar-refractivity contribution in [3.8, 4) is 6.07 Å². The van der Waals surface area contributed by atoms with Gasteiger partial charge in [0.2, 0.25) is 0 Å². The molecule has 2 N–H and O–H groups in total. The van der Waals surface area contributed by atoms with Crippen molar-refractivity contribution in [2.45, 2.75) is 13.0 Å². The Bertz CT molecular complexity index is 439. The van der Waals surface area contributed by atoms with Gasteiger partial charge in [0.1, 0.15) is 5.69 Å². The van der Waals surface area contributed by atoms with Gasteiger partial charge in [-0.1, -0.05) is 0 Å². The van der Waals surface area contributed by atoms with Gasteiger partial charge in [0, 0.05) is 12.1 Å². The quantitative estimate of drug-likeness (QED) is 0.589. The molecule has 0 unspecified atom stereocenters. The molecule has 0 heterocycles. The van der Waals surface area contributed by atoms with Crippen LogP contribution >= 0.6 is 0 Å². The molecule has 0 fully saturated rings. The lowest BCUT2D eigenvalue weighted by atomic mass is 10.1. The van der Waals surface area contributed by atoms with Crippen molar-refractivity contribution in [3.63, 3.8) is 0 Å². The highest BCUT2D eigenvalue weighted by Gasteiger charge is 2.15. The Morgan fingerprint density at radius 3 is 2.88 bits per heavy atom. The van der Waals surface area contributed by atoms with Crippen LogP contribution in [-0.4, -0.2) is 22.7 Å². The Balaban J connectivity index is 3.09. The van der Waals surface area contributed by atoms with Crippen LogP contribution in [0.15, 0.2) is 18.2 Å². The molecule has 0 aliphatic carbocycles. The van der Waals surface area contributed by atoms with E-state index >= 15 is 0 Å². The number of nitrogens with one attached hydrogen (secondary N) is 1. The normalized spacial score (nSPS) is 11.6. The number of nitriles is 1. The molecular formula is C10H11N3O3. The summed E-state index contributed by atoms with van der Waals surface area (Å²) in [5.74, 6) is 0. The minimum atomic E-state index is -0.562. The third-order valence-electron chi connectivity index (χ3n) is 2.00. The molecule has 1 aromatic carbocycles. The summed E-state index contributed by atoms with van der Waals surface area (Å²) >= 11 is 0. The van der Waals surface area contributed by atoms with Crippen molar-refractivity contribution in [3.05, 3.63) is 33.9 Å². The zero-order chi connectivity index (χ0) is 12.1. The van der Waals surface area contributed by atoms with Crippen LogP contribution in [0.25, 0.3) is 0 Å². The molecule has 16 heavy (non-hydrogen) atoms. The summed E-state index contributed by atoms with van der Waals surface area (Å²) in [6.45, 7) is 1.57. The zero-order valence-electron chi connectivity index (χ0n) is 8.67. The van der Waals surface area contributed by atoms with Gasteiger partial charge in [-0.2, -0.15) is 5.26 Å². The molecule has 0 amide bonds. The maximum atomic E-state index is 10.8. The number of aliphatic hydroxyl groups is 1. The molecule has 0 bridgehead atoms. The van der Waals surface area contributed by atoms with E-state index in [9.17, 15) is 10.1 Å². The lowest BCUT2D eigenvalue weighted by molar-refractivity contribution is -0.384. The largest absolute Gasteiger partial charge is 0.394 e. The molecule has 6 heteroatoms. The first-order chi connectivity index (χ1) is 7.58. The maximum Gasteiger partial charge on any atom is 0.293 e. The van der Waals surface area contributed by atoms with Crippen LogP contribution in [0.3, 0.4) is 0 Å². The van der Waals surface area contributed by atoms with E-state index in [1.165, 1.54) is 18.2 Å². The Morgan fingerprint density at radius 2 is 2.38 bits per heavy atom. The summed E-state index contributed by atoms with van der Waals surface area (Å²) in [4.78, 5) is 10.2. The Kier molecular flexibility index (Phi) is 3.80. The fourth-order valence-electron chi connectivity index (χ4n) is 1.19. The van der Waals surface area contributed by atoms with Gasteiger partial charge in [0.15, 0.2) is 0 Å². The van der Waals surface area contributed by atoms with Gasteiger partial charge >= 0.3 is 0 Å². The van der Waals surface area contributed by atoms with Crippen LogP contribution in [0, 0.1) is 21.4 Å². The monoisotopic (exact) mass is 221 g/mol. The maximum absolute atomic E-state index is 10.8. The first-order valence-corrected chi connectivity index (χ1v) is 4.64. The van der Waals surface area contributed by atoms with E-state index in [2.05, 4.69) is 5.32 Å². The second-order valence-electron chi connectivity index (χ2n) is 3.33. The summed E-state index contributed by atoms with van der Waals surface area (Å²) < 4.78 is 0. The molecule has 6 nitrogen and oxygen atoms in total. The predicted molar refractivity (Wildman–Crippen MR) is 58.0 cm³/mol. The summed E-state index contributed by atoms with van der Waals surface area (Å²) in [6, 6.07) is 5.70. The zero-order valence-corrected chi connectivity index (χ0v) is 8.67. The van der Waals surface area contributed by atoms with Crippen LogP contribution in [0.5, 0.6) is 0 Å². The van der Waals surface area contributed by atoms with Crippen LogP contribution in [0.4, 0.5) is 11.4 Å². The third kappa shape index (κ3) is 2.68. The number of anilines is 1. The van der Waals surface area contributed by atoms with Crippen molar-refractivity contribution < 1.29 is 10.0 Å². The molecule has 1 aromatic rings. The first kappa shape index (κ1) is 11.9. The lowest BCUT2D eigenvalue weighted by Crippen LogP contribution is -2.19. The van der Waals surface area contributed by atoms with Gasteiger partial charge in [0.25, 0.3) is 5.69 Å². The Hall–Kier alpha value is -2.13. The molecular weight excluding hydrogens is 210 g/mol. The van der Waals surface area contributed by atoms with Gasteiger partial charge in [-0.05, 0) is 19.1 Å². The van der Waals surface area contributed by atoms with Crippen LogP contribution in [0.1, 0.15) is 12.5 Å². The summed E-state index contributed by atoms with van der Waals surface area (Å²) in [5.41, 5.74) is 0.360. The number of rotatable bonds is 4.